The number of rotatable bonds is 9. The molecule has 5 rings (SSSR count). The van der Waals surface area contributed by atoms with Crippen LogP contribution in [0.3, 0.4) is 0 Å². The maximum atomic E-state index is 15.5. The Morgan fingerprint density at radius 3 is 2.32 bits per heavy atom. The van der Waals surface area contributed by atoms with Crippen molar-refractivity contribution in [2.45, 2.75) is 71.8 Å². The van der Waals surface area contributed by atoms with Gasteiger partial charge in [-0.3, -0.25) is 0 Å². The summed E-state index contributed by atoms with van der Waals surface area (Å²) in [5.41, 5.74) is 2.91. The van der Waals surface area contributed by atoms with Gasteiger partial charge in [0, 0.05) is 12.0 Å². The minimum Gasteiger partial charge on any atom is -0.489 e. The van der Waals surface area contributed by atoms with Gasteiger partial charge in [0.25, 0.3) is 0 Å². The van der Waals surface area contributed by atoms with Gasteiger partial charge in [0.05, 0.1) is 0 Å². The Morgan fingerprint density at radius 2 is 1.61 bits per heavy atom. The largest absolute Gasteiger partial charge is 0.489 e. The first-order valence-electron chi connectivity index (χ1n) is 14.1. The zero-order valence-electron chi connectivity index (χ0n) is 22.5. The maximum Gasteiger partial charge on any atom is 0.346 e. The van der Waals surface area contributed by atoms with E-state index >= 15 is 4.39 Å². The van der Waals surface area contributed by atoms with Crippen LogP contribution in [0.5, 0.6) is 5.75 Å². The topological polar surface area (TPSA) is 39.4 Å². The fourth-order valence-corrected chi connectivity index (χ4v) is 5.59. The van der Waals surface area contributed by atoms with Crippen LogP contribution in [0.2, 0.25) is 0 Å². The van der Waals surface area contributed by atoms with Gasteiger partial charge >= 0.3 is 5.63 Å². The summed E-state index contributed by atoms with van der Waals surface area (Å²) in [6, 6.07) is 21.2. The van der Waals surface area contributed by atoms with Gasteiger partial charge in [0.2, 0.25) is 0 Å². The lowest BCUT2D eigenvalue weighted by Gasteiger charge is -2.25. The Balaban J connectivity index is 1.26. The molecule has 0 saturated heterocycles. The Labute approximate surface area is 224 Å². The molecule has 0 N–H and O–H groups in total. The second-order valence-electron chi connectivity index (χ2n) is 10.9. The highest BCUT2D eigenvalue weighted by Gasteiger charge is 2.19. The molecule has 1 aliphatic carbocycles. The van der Waals surface area contributed by atoms with Gasteiger partial charge in [-0.25, -0.2) is 9.18 Å². The zero-order valence-corrected chi connectivity index (χ0v) is 22.5. The van der Waals surface area contributed by atoms with Crippen molar-refractivity contribution in [3.63, 3.8) is 0 Å². The van der Waals surface area contributed by atoms with E-state index in [1.54, 1.807) is 6.07 Å². The average Bonchev–Trinajstić information content (AvgIpc) is 2.93. The first kappa shape index (κ1) is 26.2. The molecule has 0 unspecified atom stereocenters. The van der Waals surface area contributed by atoms with Crippen molar-refractivity contribution in [3.05, 3.63) is 99.9 Å². The van der Waals surface area contributed by atoms with Crippen LogP contribution in [0.1, 0.15) is 69.3 Å². The normalized spacial score (nSPS) is 17.6. The predicted octanol–water partition coefficient (Wildman–Crippen LogP) is 8.89. The Hall–Kier alpha value is -3.40. The number of hydrogen-bond acceptors (Lipinski definition) is 3. The van der Waals surface area contributed by atoms with Crippen molar-refractivity contribution in [3.8, 4) is 16.9 Å². The highest BCUT2D eigenvalue weighted by atomic mass is 19.1. The van der Waals surface area contributed by atoms with Crippen LogP contribution in [-0.4, -0.2) is 0 Å². The number of halogens is 1. The average molecular weight is 513 g/mol. The molecule has 4 heteroatoms. The molecule has 1 aromatic heterocycles. The van der Waals surface area contributed by atoms with Gasteiger partial charge in [-0.1, -0.05) is 94.5 Å². The van der Waals surface area contributed by atoms with E-state index in [9.17, 15) is 4.79 Å². The zero-order chi connectivity index (χ0) is 26.5. The van der Waals surface area contributed by atoms with Crippen molar-refractivity contribution in [1.29, 1.82) is 0 Å². The van der Waals surface area contributed by atoms with Crippen molar-refractivity contribution >= 4 is 10.8 Å². The fraction of sp³-hybridized carbons (Fsp3) is 0.382. The summed E-state index contributed by atoms with van der Waals surface area (Å²) in [5.74, 6) is 2.33. The molecule has 1 saturated carbocycles. The van der Waals surface area contributed by atoms with Crippen LogP contribution >= 0.6 is 0 Å². The lowest BCUT2D eigenvalue weighted by atomic mass is 9.81. The number of ether oxygens (including phenoxy) is 1. The van der Waals surface area contributed by atoms with Gasteiger partial charge in [-0.15, -0.1) is 0 Å². The summed E-state index contributed by atoms with van der Waals surface area (Å²) in [6.45, 7) is 4.96. The molecular formula is C34H37FO3. The minimum absolute atomic E-state index is 0.0181. The molecule has 0 amide bonds. The van der Waals surface area contributed by atoms with E-state index in [0.717, 1.165) is 37.2 Å². The third-order valence-electron chi connectivity index (χ3n) is 7.99. The van der Waals surface area contributed by atoms with Gasteiger partial charge in [-0.05, 0) is 65.0 Å². The standard InChI is InChI=1S/C34H37FO3/c1-3-4-24-9-11-26(12-10-24)22-37-29-18-14-27(15-19-29)31-20-16-28-21-30(38-34(36)32(28)33(31)35)17-13-25-7-5-23(2)6-8-25/h9-12,14-16,18-21,23,25H,3-8,13,17,22H2,1-2H3. The smallest absolute Gasteiger partial charge is 0.346 e. The number of aryl methyl sites for hydroxylation is 2. The lowest BCUT2D eigenvalue weighted by molar-refractivity contribution is 0.272. The molecular weight excluding hydrogens is 475 g/mol. The third-order valence-corrected chi connectivity index (χ3v) is 7.99. The molecule has 0 atom stereocenters. The molecule has 198 valence electrons. The molecule has 0 bridgehead atoms. The van der Waals surface area contributed by atoms with Gasteiger partial charge in [-0.2, -0.15) is 0 Å². The highest BCUT2D eigenvalue weighted by Crippen LogP contribution is 2.32. The van der Waals surface area contributed by atoms with Crippen LogP contribution in [0.15, 0.2) is 75.9 Å². The summed E-state index contributed by atoms with van der Waals surface area (Å²) < 4.78 is 27.0. The van der Waals surface area contributed by atoms with E-state index in [1.165, 1.54) is 31.2 Å². The summed E-state index contributed by atoms with van der Waals surface area (Å²) in [4.78, 5) is 12.8. The van der Waals surface area contributed by atoms with Crippen molar-refractivity contribution < 1.29 is 13.5 Å². The molecule has 1 heterocycles. The van der Waals surface area contributed by atoms with E-state index in [1.807, 2.05) is 36.4 Å². The van der Waals surface area contributed by atoms with E-state index < -0.39 is 11.4 Å². The number of hydrogen-bond donors (Lipinski definition) is 0. The maximum absolute atomic E-state index is 15.5. The molecule has 3 aromatic carbocycles. The van der Waals surface area contributed by atoms with E-state index in [4.69, 9.17) is 9.15 Å². The SMILES string of the molecule is CCCc1ccc(COc2ccc(-c3ccc4cc(CCC5CCC(C)CC5)oc(=O)c4c3F)cc2)cc1. The van der Waals surface area contributed by atoms with Crippen LogP contribution in [0.4, 0.5) is 4.39 Å². The van der Waals surface area contributed by atoms with Crippen LogP contribution < -0.4 is 10.4 Å². The molecule has 0 aliphatic heterocycles. The first-order chi connectivity index (χ1) is 18.5. The quantitative estimate of drug-likeness (QED) is 0.225. The lowest BCUT2D eigenvalue weighted by Crippen LogP contribution is -2.13. The highest BCUT2D eigenvalue weighted by molar-refractivity contribution is 5.87. The summed E-state index contributed by atoms with van der Waals surface area (Å²) >= 11 is 0. The second-order valence-corrected chi connectivity index (χ2v) is 10.9. The van der Waals surface area contributed by atoms with Crippen LogP contribution in [0.25, 0.3) is 21.9 Å². The van der Waals surface area contributed by atoms with E-state index in [2.05, 4.69) is 38.1 Å². The molecule has 0 spiro atoms. The van der Waals surface area contributed by atoms with Crippen LogP contribution in [0, 0.1) is 17.7 Å². The second kappa shape index (κ2) is 12.0. The van der Waals surface area contributed by atoms with Crippen LogP contribution in [-0.2, 0) is 19.4 Å². The summed E-state index contributed by atoms with van der Waals surface area (Å²) in [6.07, 6.45) is 8.99. The first-order valence-corrected chi connectivity index (χ1v) is 14.1. The summed E-state index contributed by atoms with van der Waals surface area (Å²) in [5, 5.41) is 0.615. The van der Waals surface area contributed by atoms with Gasteiger partial charge in [0.15, 0.2) is 0 Å². The number of fused-ring (bicyclic) bond motifs is 1. The van der Waals surface area contributed by atoms with Crippen molar-refractivity contribution in [2.75, 3.05) is 0 Å². The Bertz CT molecular complexity index is 1410. The molecule has 38 heavy (non-hydrogen) atoms. The number of benzene rings is 3. The minimum atomic E-state index is -0.598. The molecule has 0 radical (unpaired) electrons. The van der Waals surface area contributed by atoms with Gasteiger partial charge in [0.1, 0.15) is 29.3 Å². The molecule has 1 fully saturated rings. The van der Waals surface area contributed by atoms with Crippen molar-refractivity contribution in [1.82, 2.24) is 0 Å². The molecule has 1 aliphatic rings. The van der Waals surface area contributed by atoms with E-state index in [-0.39, 0.29) is 5.39 Å². The monoisotopic (exact) mass is 512 g/mol. The van der Waals surface area contributed by atoms with Gasteiger partial charge < -0.3 is 9.15 Å². The summed E-state index contributed by atoms with van der Waals surface area (Å²) in [7, 11) is 0. The third kappa shape index (κ3) is 6.18. The van der Waals surface area contributed by atoms with Crippen molar-refractivity contribution in [2.24, 2.45) is 11.8 Å². The molecule has 4 aromatic rings. The molecule has 3 nitrogen and oxygen atoms in total. The Kier molecular flexibility index (Phi) is 8.26. The fourth-order valence-electron chi connectivity index (χ4n) is 5.59. The Morgan fingerprint density at radius 1 is 0.895 bits per heavy atom. The van der Waals surface area contributed by atoms with E-state index in [0.29, 0.717) is 40.5 Å². The predicted molar refractivity (Wildman–Crippen MR) is 152 cm³/mol.